The third-order valence-corrected chi connectivity index (χ3v) is 3.52. The molecule has 1 aromatic carbocycles. The van der Waals surface area contributed by atoms with Gasteiger partial charge in [-0.1, -0.05) is 66.5 Å². The highest BCUT2D eigenvalue weighted by Crippen LogP contribution is 2.30. The average Bonchev–Trinajstić information content (AvgIpc) is 2.68. The Balaban J connectivity index is 1.93. The van der Waals surface area contributed by atoms with E-state index in [0.29, 0.717) is 0 Å². The number of benzene rings is 1. The normalized spacial score (nSPS) is 15.3. The maximum absolute atomic E-state index is 2.40. The molecule has 0 aromatic heterocycles. The van der Waals surface area contributed by atoms with Crippen LogP contribution in [0.3, 0.4) is 0 Å². The van der Waals surface area contributed by atoms with Crippen molar-refractivity contribution < 1.29 is 0 Å². The first-order valence-corrected chi connectivity index (χ1v) is 6.71. The molecule has 0 N–H and O–H groups in total. The van der Waals surface area contributed by atoms with Gasteiger partial charge in [0.05, 0.1) is 0 Å². The van der Waals surface area contributed by atoms with Crippen LogP contribution in [0.25, 0.3) is 0 Å². The predicted molar refractivity (Wildman–Crippen MR) is 75.1 cm³/mol. The van der Waals surface area contributed by atoms with E-state index in [-0.39, 0.29) is 0 Å². The topological polar surface area (TPSA) is 0 Å². The van der Waals surface area contributed by atoms with Gasteiger partial charge in [0.1, 0.15) is 0 Å². The van der Waals surface area contributed by atoms with E-state index in [1.807, 2.05) is 0 Å². The molecule has 0 unspecified atom stereocenters. The number of allylic oxidation sites excluding steroid dienone is 4. The zero-order valence-corrected chi connectivity index (χ0v) is 11.0. The molecule has 0 bridgehead atoms. The molecular weight excluding hydrogens is 204 g/mol. The molecular formula is C17H22. The fourth-order valence-electron chi connectivity index (χ4n) is 2.52. The van der Waals surface area contributed by atoms with Crippen molar-refractivity contribution in [2.75, 3.05) is 0 Å². The van der Waals surface area contributed by atoms with Gasteiger partial charge in [0.25, 0.3) is 0 Å². The first-order valence-electron chi connectivity index (χ1n) is 6.71. The summed E-state index contributed by atoms with van der Waals surface area (Å²) in [5, 5.41) is 0. The monoisotopic (exact) mass is 226 g/mol. The van der Waals surface area contributed by atoms with Crippen molar-refractivity contribution in [2.24, 2.45) is 0 Å². The Morgan fingerprint density at radius 1 is 1.12 bits per heavy atom. The fourth-order valence-corrected chi connectivity index (χ4v) is 2.52. The molecule has 0 aliphatic heterocycles. The molecule has 0 nitrogen and oxygen atoms in total. The molecule has 0 radical (unpaired) electrons. The van der Waals surface area contributed by atoms with E-state index in [2.05, 4.69) is 50.3 Å². The van der Waals surface area contributed by atoms with Gasteiger partial charge in [-0.25, -0.2) is 0 Å². The second-order valence-corrected chi connectivity index (χ2v) is 5.03. The van der Waals surface area contributed by atoms with Crippen molar-refractivity contribution in [1.29, 1.82) is 0 Å². The lowest BCUT2D eigenvalue weighted by Gasteiger charge is -2.05. The van der Waals surface area contributed by atoms with Crippen LogP contribution in [0.4, 0.5) is 0 Å². The maximum Gasteiger partial charge on any atom is -0.00607 e. The molecule has 1 aromatic rings. The molecule has 1 aliphatic rings. The molecule has 0 saturated heterocycles. The molecule has 17 heavy (non-hydrogen) atoms. The second-order valence-electron chi connectivity index (χ2n) is 5.03. The van der Waals surface area contributed by atoms with Crippen LogP contribution in [0.5, 0.6) is 0 Å². The Morgan fingerprint density at radius 3 is 2.59 bits per heavy atom. The highest BCUT2D eigenvalue weighted by atomic mass is 14.2. The molecule has 90 valence electrons. The van der Waals surface area contributed by atoms with Gasteiger partial charge in [-0.2, -0.15) is 0 Å². The number of hydrogen-bond donors (Lipinski definition) is 0. The van der Waals surface area contributed by atoms with Crippen LogP contribution in [-0.4, -0.2) is 0 Å². The lowest BCUT2D eigenvalue weighted by Crippen LogP contribution is -1.89. The van der Waals surface area contributed by atoms with E-state index < -0.39 is 0 Å². The molecule has 1 aliphatic carbocycles. The van der Waals surface area contributed by atoms with Crippen molar-refractivity contribution in [2.45, 2.75) is 46.0 Å². The Hall–Kier alpha value is -1.30. The highest BCUT2D eigenvalue weighted by molar-refractivity contribution is 5.40. The Labute approximate surface area is 105 Å². The van der Waals surface area contributed by atoms with Gasteiger partial charge < -0.3 is 0 Å². The Morgan fingerprint density at radius 2 is 1.88 bits per heavy atom. The van der Waals surface area contributed by atoms with Crippen LogP contribution in [0, 0.1) is 0 Å². The summed E-state index contributed by atoms with van der Waals surface area (Å²) in [6.07, 6.45) is 8.65. The Bertz CT molecular complexity index is 421. The van der Waals surface area contributed by atoms with Crippen molar-refractivity contribution in [3.8, 4) is 0 Å². The van der Waals surface area contributed by atoms with Gasteiger partial charge in [0.15, 0.2) is 0 Å². The minimum absolute atomic E-state index is 1.12. The van der Waals surface area contributed by atoms with Gasteiger partial charge in [0, 0.05) is 0 Å². The van der Waals surface area contributed by atoms with Gasteiger partial charge in [-0.15, -0.1) is 0 Å². The summed E-state index contributed by atoms with van der Waals surface area (Å²) in [5.74, 6) is 0. The minimum atomic E-state index is 1.12. The third-order valence-electron chi connectivity index (χ3n) is 3.52. The van der Waals surface area contributed by atoms with E-state index in [4.69, 9.17) is 0 Å². The van der Waals surface area contributed by atoms with Crippen molar-refractivity contribution >= 4 is 0 Å². The summed E-state index contributed by atoms with van der Waals surface area (Å²) < 4.78 is 0. The van der Waals surface area contributed by atoms with Crippen LogP contribution in [0.15, 0.2) is 53.1 Å². The molecule has 2 rings (SSSR count). The summed E-state index contributed by atoms with van der Waals surface area (Å²) in [4.78, 5) is 0. The van der Waals surface area contributed by atoms with Crippen LogP contribution in [-0.2, 0) is 6.42 Å². The quantitative estimate of drug-likeness (QED) is 0.658. The van der Waals surface area contributed by atoms with Crippen LogP contribution >= 0.6 is 0 Å². The summed E-state index contributed by atoms with van der Waals surface area (Å²) in [6, 6.07) is 10.8. The summed E-state index contributed by atoms with van der Waals surface area (Å²) >= 11 is 0. The van der Waals surface area contributed by atoms with Crippen LogP contribution in [0.1, 0.15) is 45.1 Å². The number of hydrogen-bond acceptors (Lipinski definition) is 0. The van der Waals surface area contributed by atoms with Crippen LogP contribution < -0.4 is 0 Å². The van der Waals surface area contributed by atoms with Crippen molar-refractivity contribution in [1.82, 2.24) is 0 Å². The third kappa shape index (κ3) is 3.33. The van der Waals surface area contributed by atoms with Crippen LogP contribution in [0.2, 0.25) is 0 Å². The van der Waals surface area contributed by atoms with Crippen molar-refractivity contribution in [3.63, 3.8) is 0 Å². The molecule has 0 saturated carbocycles. The Kier molecular flexibility index (Phi) is 4.19. The molecule has 0 atom stereocenters. The molecule has 0 heteroatoms. The van der Waals surface area contributed by atoms with Gasteiger partial charge in [-0.3, -0.25) is 0 Å². The zero-order chi connectivity index (χ0) is 12.1. The zero-order valence-electron chi connectivity index (χ0n) is 11.0. The second kappa shape index (κ2) is 5.86. The van der Waals surface area contributed by atoms with Crippen molar-refractivity contribution in [3.05, 3.63) is 58.7 Å². The SMILES string of the molecule is CCCCC1=C(C)C=C(Cc2ccccc2)C1. The summed E-state index contributed by atoms with van der Waals surface area (Å²) in [7, 11) is 0. The van der Waals surface area contributed by atoms with E-state index in [1.165, 1.54) is 36.8 Å². The van der Waals surface area contributed by atoms with Gasteiger partial charge >= 0.3 is 0 Å². The first kappa shape index (κ1) is 12.2. The summed E-state index contributed by atoms with van der Waals surface area (Å²) in [6.45, 7) is 4.53. The fraction of sp³-hybridized carbons (Fsp3) is 0.412. The molecule has 0 spiro atoms. The van der Waals surface area contributed by atoms with E-state index >= 15 is 0 Å². The lowest BCUT2D eigenvalue weighted by molar-refractivity contribution is 0.768. The van der Waals surface area contributed by atoms with Gasteiger partial charge in [0.2, 0.25) is 0 Å². The lowest BCUT2D eigenvalue weighted by atomic mass is 10.00. The smallest absolute Gasteiger partial charge is 0.00607 e. The summed E-state index contributed by atoms with van der Waals surface area (Å²) in [5.41, 5.74) is 6.20. The molecule has 0 fully saturated rings. The van der Waals surface area contributed by atoms with E-state index in [0.717, 1.165) is 6.42 Å². The predicted octanol–water partition coefficient (Wildman–Crippen LogP) is 5.07. The largest absolute Gasteiger partial charge is 0.0654 e. The number of rotatable bonds is 5. The average molecular weight is 226 g/mol. The van der Waals surface area contributed by atoms with E-state index in [9.17, 15) is 0 Å². The number of unbranched alkanes of at least 4 members (excludes halogenated alkanes) is 1. The van der Waals surface area contributed by atoms with E-state index in [1.54, 1.807) is 11.1 Å². The molecule has 0 amide bonds. The maximum atomic E-state index is 2.40. The highest BCUT2D eigenvalue weighted by Gasteiger charge is 2.12. The molecule has 0 heterocycles. The standard InChI is InChI=1S/C17H22/c1-3-4-10-17-13-16(11-14(17)2)12-15-8-6-5-7-9-15/h5-9,11H,3-4,10,12-13H2,1-2H3. The van der Waals surface area contributed by atoms with Gasteiger partial charge in [-0.05, 0) is 38.2 Å². The minimum Gasteiger partial charge on any atom is -0.0654 e. The first-order chi connectivity index (χ1) is 8.29.